The minimum Gasteiger partial charge on any atom is -0.403 e. The van der Waals surface area contributed by atoms with Crippen molar-refractivity contribution in [3.05, 3.63) is 41.4 Å². The Bertz CT molecular complexity index is 1140. The molecule has 4 rings (SSSR count). The number of carbonyl (C=O) groups is 2. The predicted molar refractivity (Wildman–Crippen MR) is 133 cm³/mol. The first-order chi connectivity index (χ1) is 16.9. The zero-order valence-corrected chi connectivity index (χ0v) is 20.3. The quantitative estimate of drug-likeness (QED) is 0.409. The summed E-state index contributed by atoms with van der Waals surface area (Å²) in [6.45, 7) is 1.85. The van der Waals surface area contributed by atoms with Gasteiger partial charge in [0.05, 0.1) is 29.5 Å². The lowest BCUT2D eigenvalue weighted by atomic mass is 10.1. The van der Waals surface area contributed by atoms with Crippen molar-refractivity contribution in [1.82, 2.24) is 30.0 Å². The normalized spacial score (nSPS) is 17.5. The van der Waals surface area contributed by atoms with Gasteiger partial charge in [0.15, 0.2) is 11.5 Å². The first-order valence-corrected chi connectivity index (χ1v) is 11.7. The SMILES string of the molecule is CN=CC(=CN)Nc1ncc(C2CC2)nc1C(=O)Nc1cnn(C)c1C(=O)NC1CCN(C)CC1. The van der Waals surface area contributed by atoms with Gasteiger partial charge in [-0.3, -0.25) is 19.3 Å². The zero-order chi connectivity index (χ0) is 24.9. The van der Waals surface area contributed by atoms with E-state index in [2.05, 4.69) is 48.0 Å². The molecule has 0 bridgehead atoms. The fraction of sp³-hybridized carbons (Fsp3) is 0.478. The molecule has 0 aromatic carbocycles. The van der Waals surface area contributed by atoms with E-state index in [9.17, 15) is 9.59 Å². The third kappa shape index (κ3) is 5.83. The number of amides is 2. The van der Waals surface area contributed by atoms with Gasteiger partial charge in [-0.2, -0.15) is 5.10 Å². The van der Waals surface area contributed by atoms with E-state index in [4.69, 9.17) is 5.73 Å². The summed E-state index contributed by atoms with van der Waals surface area (Å²) in [5.41, 5.74) is 7.57. The van der Waals surface area contributed by atoms with Gasteiger partial charge in [0.2, 0.25) is 0 Å². The lowest BCUT2D eigenvalue weighted by Gasteiger charge is -2.29. The molecule has 2 aliphatic rings. The number of carbonyl (C=O) groups excluding carboxylic acids is 2. The van der Waals surface area contributed by atoms with E-state index in [1.165, 1.54) is 23.3 Å². The minimum atomic E-state index is -0.506. The molecule has 0 radical (unpaired) electrons. The minimum absolute atomic E-state index is 0.0794. The number of piperidine rings is 1. The lowest BCUT2D eigenvalue weighted by molar-refractivity contribution is 0.0908. The molecule has 1 saturated heterocycles. The molecular weight excluding hydrogens is 448 g/mol. The fourth-order valence-corrected chi connectivity index (χ4v) is 4.01. The summed E-state index contributed by atoms with van der Waals surface area (Å²) in [7, 11) is 5.35. The Balaban J connectivity index is 1.56. The van der Waals surface area contributed by atoms with Gasteiger partial charge in [-0.25, -0.2) is 9.97 Å². The molecule has 35 heavy (non-hydrogen) atoms. The third-order valence-corrected chi connectivity index (χ3v) is 6.17. The van der Waals surface area contributed by atoms with Crippen LogP contribution in [0.2, 0.25) is 0 Å². The average molecular weight is 481 g/mol. The molecule has 5 N–H and O–H groups in total. The Hall–Kier alpha value is -3.80. The standard InChI is InChI=1S/C23H32N10O2/c1-25-11-16(10-24)28-21-19(30-17(12-26-21)14-4-5-14)22(34)31-18-13-27-33(3)20(18)23(35)29-15-6-8-32(2)9-7-15/h10-15H,4-9,24H2,1-3H3,(H,26,28)(H,29,35)(H,31,34). The van der Waals surface area contributed by atoms with Gasteiger partial charge in [0, 0.05) is 38.5 Å². The molecule has 2 aromatic heterocycles. The molecule has 12 heteroatoms. The molecule has 2 aromatic rings. The number of aliphatic imine (C=N–C) groups is 1. The van der Waals surface area contributed by atoms with Crippen LogP contribution in [0.3, 0.4) is 0 Å². The second-order valence-corrected chi connectivity index (χ2v) is 8.94. The van der Waals surface area contributed by atoms with Crippen molar-refractivity contribution >= 4 is 29.5 Å². The molecule has 1 saturated carbocycles. The number of likely N-dealkylation sites (tertiary alicyclic amines) is 1. The first kappa shape index (κ1) is 24.3. The van der Waals surface area contributed by atoms with E-state index in [1.807, 2.05) is 0 Å². The number of hydrogen-bond donors (Lipinski definition) is 4. The summed E-state index contributed by atoms with van der Waals surface area (Å²) in [4.78, 5) is 41.6. The highest BCUT2D eigenvalue weighted by molar-refractivity contribution is 6.09. The van der Waals surface area contributed by atoms with E-state index in [0.717, 1.165) is 44.5 Å². The Morgan fingerprint density at radius 2 is 1.86 bits per heavy atom. The summed E-state index contributed by atoms with van der Waals surface area (Å²) in [6.07, 6.45) is 9.76. The van der Waals surface area contributed by atoms with Crippen molar-refractivity contribution in [1.29, 1.82) is 0 Å². The zero-order valence-electron chi connectivity index (χ0n) is 20.3. The smallest absolute Gasteiger partial charge is 0.278 e. The van der Waals surface area contributed by atoms with Crippen LogP contribution in [0.15, 0.2) is 29.3 Å². The monoisotopic (exact) mass is 480 g/mol. The van der Waals surface area contributed by atoms with Crippen molar-refractivity contribution in [2.45, 2.75) is 37.6 Å². The molecular formula is C23H32N10O2. The number of hydrogen-bond acceptors (Lipinski definition) is 9. The molecule has 186 valence electrons. The van der Waals surface area contributed by atoms with Crippen molar-refractivity contribution in [3.63, 3.8) is 0 Å². The van der Waals surface area contributed by atoms with Crippen LogP contribution in [0.1, 0.15) is 58.3 Å². The van der Waals surface area contributed by atoms with E-state index in [1.54, 1.807) is 20.3 Å². The largest absolute Gasteiger partial charge is 0.403 e. The van der Waals surface area contributed by atoms with E-state index in [0.29, 0.717) is 17.3 Å². The van der Waals surface area contributed by atoms with Gasteiger partial charge in [-0.05, 0) is 45.8 Å². The number of nitrogens with one attached hydrogen (secondary N) is 3. The predicted octanol–water partition coefficient (Wildman–Crippen LogP) is 1.08. The van der Waals surface area contributed by atoms with Crippen LogP contribution in [-0.4, -0.2) is 75.9 Å². The molecule has 0 atom stereocenters. The van der Waals surface area contributed by atoms with Crippen molar-refractivity contribution < 1.29 is 9.59 Å². The molecule has 0 unspecified atom stereocenters. The molecule has 2 fully saturated rings. The number of nitrogens with two attached hydrogens (primary N) is 1. The Kier molecular flexibility index (Phi) is 7.39. The fourth-order valence-electron chi connectivity index (χ4n) is 4.01. The van der Waals surface area contributed by atoms with E-state index in [-0.39, 0.29) is 29.2 Å². The summed E-state index contributed by atoms with van der Waals surface area (Å²) < 4.78 is 1.46. The second kappa shape index (κ2) is 10.6. The molecule has 1 aliphatic heterocycles. The number of nitrogens with zero attached hydrogens (tertiary/aromatic N) is 6. The summed E-state index contributed by atoms with van der Waals surface area (Å²) in [5.74, 6) is -0.240. The molecule has 1 aliphatic carbocycles. The van der Waals surface area contributed by atoms with E-state index < -0.39 is 5.91 Å². The molecule has 0 spiro atoms. The van der Waals surface area contributed by atoms with Crippen LogP contribution in [-0.2, 0) is 7.05 Å². The van der Waals surface area contributed by atoms with Crippen LogP contribution < -0.4 is 21.7 Å². The number of aryl methyl sites for hydroxylation is 1. The second-order valence-electron chi connectivity index (χ2n) is 8.94. The van der Waals surface area contributed by atoms with Gasteiger partial charge in [0.25, 0.3) is 11.8 Å². The van der Waals surface area contributed by atoms with Crippen LogP contribution in [0.25, 0.3) is 0 Å². The maximum atomic E-state index is 13.4. The van der Waals surface area contributed by atoms with Crippen molar-refractivity contribution in [2.75, 3.05) is 37.8 Å². The highest BCUT2D eigenvalue weighted by Crippen LogP contribution is 2.39. The highest BCUT2D eigenvalue weighted by Gasteiger charge is 2.29. The molecule has 2 amide bonds. The Morgan fingerprint density at radius 1 is 1.11 bits per heavy atom. The first-order valence-electron chi connectivity index (χ1n) is 11.7. The summed E-state index contributed by atoms with van der Waals surface area (Å²) in [5, 5.41) is 13.1. The van der Waals surface area contributed by atoms with Gasteiger partial charge >= 0.3 is 0 Å². The topological polar surface area (TPSA) is 155 Å². The van der Waals surface area contributed by atoms with Crippen LogP contribution in [0.5, 0.6) is 0 Å². The number of allylic oxidation sites excluding steroid dienone is 1. The van der Waals surface area contributed by atoms with Gasteiger partial charge in [-0.15, -0.1) is 0 Å². The van der Waals surface area contributed by atoms with Crippen LogP contribution in [0, 0.1) is 0 Å². The van der Waals surface area contributed by atoms with Crippen molar-refractivity contribution in [3.8, 4) is 0 Å². The number of aromatic nitrogens is 4. The maximum absolute atomic E-state index is 13.4. The van der Waals surface area contributed by atoms with Crippen molar-refractivity contribution in [2.24, 2.45) is 17.8 Å². The lowest BCUT2D eigenvalue weighted by Crippen LogP contribution is -2.44. The maximum Gasteiger partial charge on any atom is 0.278 e. The Morgan fingerprint density at radius 3 is 2.51 bits per heavy atom. The highest BCUT2D eigenvalue weighted by atomic mass is 16.2. The summed E-state index contributed by atoms with van der Waals surface area (Å²) >= 11 is 0. The third-order valence-electron chi connectivity index (χ3n) is 6.17. The van der Waals surface area contributed by atoms with Gasteiger partial charge in [-0.1, -0.05) is 0 Å². The summed E-state index contributed by atoms with van der Waals surface area (Å²) in [6, 6.07) is 0.0794. The number of anilines is 2. The molecule has 12 nitrogen and oxygen atoms in total. The average Bonchev–Trinajstić information content (AvgIpc) is 3.63. The van der Waals surface area contributed by atoms with Crippen LogP contribution in [0.4, 0.5) is 11.5 Å². The van der Waals surface area contributed by atoms with E-state index >= 15 is 0 Å². The van der Waals surface area contributed by atoms with Gasteiger partial charge in [0.1, 0.15) is 5.69 Å². The van der Waals surface area contributed by atoms with Crippen LogP contribution >= 0.6 is 0 Å². The molecule has 3 heterocycles. The number of rotatable bonds is 8. The Labute approximate surface area is 204 Å². The van der Waals surface area contributed by atoms with Gasteiger partial charge < -0.3 is 26.6 Å².